The van der Waals surface area contributed by atoms with Crippen molar-refractivity contribution in [3.8, 4) is 0 Å². The van der Waals surface area contributed by atoms with Crippen molar-refractivity contribution in [3.05, 3.63) is 93.4 Å². The number of carbonyl (C=O) groups excluding carboxylic acids is 1. The molecule has 1 aliphatic carbocycles. The first-order valence-corrected chi connectivity index (χ1v) is 16.2. The second kappa shape index (κ2) is 13.3. The van der Waals surface area contributed by atoms with Crippen molar-refractivity contribution in [2.45, 2.75) is 61.9 Å². The third-order valence-electron chi connectivity index (χ3n) is 8.81. The Labute approximate surface area is 272 Å². The van der Waals surface area contributed by atoms with Gasteiger partial charge >= 0.3 is 0 Å². The molecule has 2 aromatic carbocycles. The highest BCUT2D eigenvalue weighted by atomic mass is 35.5. The Balaban J connectivity index is 0.00000433. The van der Waals surface area contributed by atoms with Crippen molar-refractivity contribution in [2.75, 3.05) is 11.4 Å². The van der Waals surface area contributed by atoms with E-state index < -0.39 is 62.5 Å². The van der Waals surface area contributed by atoms with E-state index in [1.165, 1.54) is 42.8 Å². The number of amides is 1. The number of hydrogen-bond donors (Lipinski definition) is 0. The molecule has 4 aromatic rings. The maximum atomic E-state index is 14.6. The number of H-pyrrole nitrogens is 1. The number of aromatic nitrogens is 3. The monoisotopic (exact) mass is 697 g/mol. The zero-order valence-corrected chi connectivity index (χ0v) is 26.5. The summed E-state index contributed by atoms with van der Waals surface area (Å²) in [4.78, 5) is 29.1. The van der Waals surface area contributed by atoms with Crippen LogP contribution in [0.4, 0.5) is 27.6 Å². The Hall–Kier alpha value is -3.95. The fourth-order valence-electron chi connectivity index (χ4n) is 6.13. The Kier molecular flexibility index (Phi) is 9.71. The fourth-order valence-corrected chi connectivity index (χ4v) is 7.87. The second-order valence-corrected chi connectivity index (χ2v) is 13.4. The van der Waals surface area contributed by atoms with E-state index in [2.05, 4.69) is 10.1 Å². The molecule has 1 saturated carbocycles. The van der Waals surface area contributed by atoms with Crippen LogP contribution in [0.1, 0.15) is 55.7 Å². The molecule has 0 radical (unpaired) electrons. The topological polar surface area (TPSA) is 107 Å². The van der Waals surface area contributed by atoms with Gasteiger partial charge in [0.2, 0.25) is 21.7 Å². The standard InChI is InChI=1S/C31H28F5N5O4S.ClH/c1-39-30(42)22-10-9-21(13-19(22)15-38-39)40(16-20-8-7-18(14-37-20)17-5-3-2-4-6-17)31(43)23-11-12-41(23)46(44,45)29-27(35)25(33)24(32)26(34)28(29)36;/h7-10,13-15,17,23H,2-6,11-12,16H2,1H3;1H/t23-;/m1./s1. The lowest BCUT2D eigenvalue weighted by atomic mass is 9.85. The molecular formula is C31H29ClF5N5O4S. The van der Waals surface area contributed by atoms with Crippen molar-refractivity contribution < 1.29 is 52.6 Å². The van der Waals surface area contributed by atoms with Gasteiger partial charge in [-0.2, -0.15) is 9.40 Å². The van der Waals surface area contributed by atoms with Crippen LogP contribution >= 0.6 is 0 Å². The van der Waals surface area contributed by atoms with Crippen molar-refractivity contribution >= 4 is 32.4 Å². The molecule has 2 aromatic heterocycles. The first-order valence-electron chi connectivity index (χ1n) is 14.7. The summed E-state index contributed by atoms with van der Waals surface area (Å²) in [7, 11) is -3.86. The largest absolute Gasteiger partial charge is 1.00 e. The molecule has 1 atom stereocenters. The van der Waals surface area contributed by atoms with Crippen molar-refractivity contribution in [1.82, 2.24) is 14.1 Å². The Morgan fingerprint density at radius 1 is 0.957 bits per heavy atom. The molecule has 0 spiro atoms. The molecular weight excluding hydrogens is 669 g/mol. The van der Waals surface area contributed by atoms with Gasteiger partial charge in [0.15, 0.2) is 40.1 Å². The van der Waals surface area contributed by atoms with E-state index in [0.29, 0.717) is 26.7 Å². The molecule has 3 heterocycles. The van der Waals surface area contributed by atoms with Crippen molar-refractivity contribution in [1.29, 1.82) is 0 Å². The number of fused-ring (bicyclic) bond motifs is 1. The lowest BCUT2D eigenvalue weighted by Gasteiger charge is -2.40. The maximum Gasteiger partial charge on any atom is 0.274 e. The van der Waals surface area contributed by atoms with Crippen LogP contribution in [0.3, 0.4) is 0 Å². The van der Waals surface area contributed by atoms with Crippen molar-refractivity contribution in [3.63, 3.8) is 0 Å². The van der Waals surface area contributed by atoms with Crippen LogP contribution in [0.15, 0.2) is 52.4 Å². The number of pyridine rings is 1. The van der Waals surface area contributed by atoms with Gasteiger partial charge in [-0.1, -0.05) is 19.3 Å². The number of halogens is 6. The number of aromatic amines is 1. The summed E-state index contributed by atoms with van der Waals surface area (Å²) in [5.74, 6) is -12.7. The molecule has 9 nitrogen and oxygen atoms in total. The number of nitrogens with zero attached hydrogens (tertiary/aromatic N) is 4. The summed E-state index contributed by atoms with van der Waals surface area (Å²) in [6, 6.07) is 6.78. The van der Waals surface area contributed by atoms with Crippen LogP contribution in [0.2, 0.25) is 0 Å². The first-order chi connectivity index (χ1) is 21.9. The van der Waals surface area contributed by atoms with Gasteiger partial charge in [0.05, 0.1) is 11.6 Å². The highest BCUT2D eigenvalue weighted by Crippen LogP contribution is 2.36. The quantitative estimate of drug-likeness (QED) is 0.165. The van der Waals surface area contributed by atoms with Gasteiger partial charge < -0.3 is 17.3 Å². The molecule has 250 valence electrons. The molecule has 2 aliphatic rings. The van der Waals surface area contributed by atoms with Crippen LogP contribution in [-0.2, 0) is 28.4 Å². The minimum atomic E-state index is -5.34. The zero-order chi connectivity index (χ0) is 32.9. The summed E-state index contributed by atoms with van der Waals surface area (Å²) >= 11 is 0. The lowest BCUT2D eigenvalue weighted by molar-refractivity contribution is -0.391. The van der Waals surface area contributed by atoms with Crippen LogP contribution < -0.4 is 27.9 Å². The molecule has 1 N–H and O–H groups in total. The van der Waals surface area contributed by atoms with Gasteiger partial charge in [-0.3, -0.25) is 9.59 Å². The Bertz CT molecular complexity index is 1990. The van der Waals surface area contributed by atoms with Gasteiger partial charge in [0, 0.05) is 36.3 Å². The third kappa shape index (κ3) is 6.11. The zero-order valence-electron chi connectivity index (χ0n) is 25.0. The predicted octanol–water partition coefficient (Wildman–Crippen LogP) is 1.49. The second-order valence-electron chi connectivity index (χ2n) is 11.6. The van der Waals surface area contributed by atoms with E-state index in [1.54, 1.807) is 0 Å². The molecule has 1 aliphatic heterocycles. The van der Waals surface area contributed by atoms with Crippen LogP contribution in [-0.4, -0.2) is 41.0 Å². The SMILES string of the molecule is Cn1ncc2cc(N(Cc3ccc(C4CCCCC4)c[nH+]3)C(=O)[C@H]3CCN3S(=O)(=O)c3c(F)c(F)c(F)c(F)c3F)ccc2c1=O.[Cl-]. The van der Waals surface area contributed by atoms with Gasteiger partial charge in [0.1, 0.15) is 12.6 Å². The molecule has 2 fully saturated rings. The highest BCUT2D eigenvalue weighted by molar-refractivity contribution is 7.89. The van der Waals surface area contributed by atoms with Crippen molar-refractivity contribution in [2.24, 2.45) is 7.05 Å². The van der Waals surface area contributed by atoms with Gasteiger partial charge in [0.25, 0.3) is 5.56 Å². The third-order valence-corrected chi connectivity index (χ3v) is 10.7. The number of nitrogens with one attached hydrogen (secondary N) is 1. The predicted molar refractivity (Wildman–Crippen MR) is 156 cm³/mol. The average molecular weight is 698 g/mol. The van der Waals surface area contributed by atoms with Crippen LogP contribution in [0.5, 0.6) is 0 Å². The smallest absolute Gasteiger partial charge is 0.274 e. The number of anilines is 1. The van der Waals surface area contributed by atoms with Gasteiger partial charge in [-0.25, -0.2) is 40.0 Å². The number of aryl methyl sites for hydroxylation is 1. The van der Waals surface area contributed by atoms with E-state index in [9.17, 15) is 40.0 Å². The average Bonchev–Trinajstić information content (AvgIpc) is 3.03. The van der Waals surface area contributed by atoms with Gasteiger partial charge in [-0.05, 0) is 49.4 Å². The number of hydrogen-bond acceptors (Lipinski definition) is 5. The minimum Gasteiger partial charge on any atom is -1.00 e. The number of sulfonamides is 1. The normalized spacial score (nSPS) is 17.3. The molecule has 47 heavy (non-hydrogen) atoms. The minimum absolute atomic E-state index is 0. The number of rotatable bonds is 7. The molecule has 0 bridgehead atoms. The molecule has 0 unspecified atom stereocenters. The lowest BCUT2D eigenvalue weighted by Crippen LogP contribution is -3.00. The summed E-state index contributed by atoms with van der Waals surface area (Å²) in [5, 5.41) is 4.73. The molecule has 16 heteroatoms. The molecule has 1 amide bonds. The summed E-state index contributed by atoms with van der Waals surface area (Å²) in [6.45, 7) is -0.494. The maximum absolute atomic E-state index is 14.6. The van der Waals surface area contributed by atoms with E-state index in [4.69, 9.17) is 0 Å². The van der Waals surface area contributed by atoms with E-state index in [0.717, 1.165) is 35.9 Å². The Morgan fingerprint density at radius 3 is 2.21 bits per heavy atom. The van der Waals surface area contributed by atoms with Gasteiger partial charge in [-0.15, -0.1) is 0 Å². The van der Waals surface area contributed by atoms with E-state index in [1.807, 2.05) is 18.3 Å². The summed E-state index contributed by atoms with van der Waals surface area (Å²) in [6.07, 6.45) is 8.82. The van der Waals surface area contributed by atoms with Crippen LogP contribution in [0, 0.1) is 29.1 Å². The van der Waals surface area contributed by atoms with E-state index >= 15 is 0 Å². The van der Waals surface area contributed by atoms with E-state index in [-0.39, 0.29) is 36.6 Å². The fraction of sp³-hybridized carbons (Fsp3) is 0.355. The summed E-state index contributed by atoms with van der Waals surface area (Å²) < 4.78 is 98.9. The Morgan fingerprint density at radius 2 is 1.62 bits per heavy atom. The van der Waals surface area contributed by atoms with Crippen LogP contribution in [0.25, 0.3) is 10.8 Å². The highest BCUT2D eigenvalue weighted by Gasteiger charge is 2.48. The number of carbonyl (C=O) groups is 1. The summed E-state index contributed by atoms with van der Waals surface area (Å²) in [5.41, 5.74) is 1.57. The molecule has 6 rings (SSSR count). The number of benzene rings is 2. The molecule has 1 saturated heterocycles. The first kappa shape index (κ1) is 34.4.